The van der Waals surface area contributed by atoms with Crippen molar-refractivity contribution in [3.63, 3.8) is 0 Å². The van der Waals surface area contributed by atoms with Gasteiger partial charge in [-0.1, -0.05) is 15.9 Å². The van der Waals surface area contributed by atoms with Gasteiger partial charge < -0.3 is 10.1 Å². The number of ether oxygens (including phenoxy) is 1. The van der Waals surface area contributed by atoms with Crippen LogP contribution in [0.4, 0.5) is 4.79 Å². The number of benzene rings is 1. The van der Waals surface area contributed by atoms with Crippen LogP contribution in [0, 0.1) is 0 Å². The van der Waals surface area contributed by atoms with Crippen molar-refractivity contribution in [2.24, 2.45) is 0 Å². The van der Waals surface area contributed by atoms with Crippen LogP contribution in [0.25, 0.3) is 0 Å². The molecule has 0 spiro atoms. The summed E-state index contributed by atoms with van der Waals surface area (Å²) in [5.74, 6) is 0.871. The standard InChI is InChI=1S/C9H9BrClNO2/c10-7-1-3-8(4-2-7)14-9(13)12-6-5-11/h1-4H,5-6H2,(H,12,13). The molecule has 14 heavy (non-hydrogen) atoms. The van der Waals surface area contributed by atoms with E-state index >= 15 is 0 Å². The summed E-state index contributed by atoms with van der Waals surface area (Å²) in [7, 11) is 0. The predicted molar refractivity (Wildman–Crippen MR) is 58.9 cm³/mol. The minimum absolute atomic E-state index is 0.370. The van der Waals surface area contributed by atoms with Crippen molar-refractivity contribution in [3.05, 3.63) is 28.7 Å². The smallest absolute Gasteiger partial charge is 0.410 e. The fraction of sp³-hybridized carbons (Fsp3) is 0.222. The molecule has 0 unspecified atom stereocenters. The lowest BCUT2D eigenvalue weighted by Crippen LogP contribution is -2.28. The average Bonchev–Trinajstić information content (AvgIpc) is 2.18. The summed E-state index contributed by atoms with van der Waals surface area (Å²) in [4.78, 5) is 11.1. The van der Waals surface area contributed by atoms with Gasteiger partial charge in [-0.25, -0.2) is 4.79 Å². The molecule has 1 aromatic carbocycles. The zero-order valence-corrected chi connectivity index (χ0v) is 9.64. The molecule has 1 rings (SSSR count). The third-order valence-electron chi connectivity index (χ3n) is 1.39. The fourth-order valence-electron chi connectivity index (χ4n) is 0.795. The highest BCUT2D eigenvalue weighted by atomic mass is 79.9. The summed E-state index contributed by atoms with van der Waals surface area (Å²) in [5, 5.41) is 2.49. The Morgan fingerprint density at radius 3 is 2.64 bits per heavy atom. The molecule has 5 heteroatoms. The number of hydrogen-bond acceptors (Lipinski definition) is 2. The molecule has 1 amide bonds. The summed E-state index contributed by atoms with van der Waals surface area (Å²) in [6.07, 6.45) is -0.493. The van der Waals surface area contributed by atoms with Crippen LogP contribution >= 0.6 is 27.5 Å². The molecule has 1 aromatic rings. The van der Waals surface area contributed by atoms with Gasteiger partial charge in [0.15, 0.2) is 0 Å². The number of alkyl halides is 1. The molecule has 0 saturated carbocycles. The molecule has 0 heterocycles. The summed E-state index contributed by atoms with van der Waals surface area (Å²) in [6, 6.07) is 6.99. The molecule has 0 aliphatic heterocycles. The molecule has 0 saturated heterocycles. The average molecular weight is 279 g/mol. The van der Waals surface area contributed by atoms with Gasteiger partial charge in [-0.2, -0.15) is 0 Å². The van der Waals surface area contributed by atoms with Crippen molar-refractivity contribution in [1.82, 2.24) is 5.32 Å². The van der Waals surface area contributed by atoms with Gasteiger partial charge >= 0.3 is 6.09 Å². The number of halogens is 2. The summed E-state index contributed by atoms with van der Waals surface area (Å²) in [6.45, 7) is 0.400. The number of carbonyl (C=O) groups excluding carboxylic acids is 1. The Labute approximate surface area is 95.5 Å². The van der Waals surface area contributed by atoms with Crippen LogP contribution in [0.5, 0.6) is 5.75 Å². The maximum absolute atomic E-state index is 11.1. The Kier molecular flexibility index (Phi) is 4.76. The first-order valence-corrected chi connectivity index (χ1v) is 5.32. The van der Waals surface area contributed by atoms with E-state index in [-0.39, 0.29) is 0 Å². The minimum Gasteiger partial charge on any atom is -0.410 e. The molecule has 0 aliphatic carbocycles. The topological polar surface area (TPSA) is 38.3 Å². The van der Waals surface area contributed by atoms with E-state index in [4.69, 9.17) is 16.3 Å². The lowest BCUT2D eigenvalue weighted by molar-refractivity contribution is 0.201. The van der Waals surface area contributed by atoms with E-state index in [0.29, 0.717) is 18.2 Å². The maximum Gasteiger partial charge on any atom is 0.412 e. The highest BCUT2D eigenvalue weighted by Gasteiger charge is 2.01. The molecular formula is C9H9BrClNO2. The molecule has 0 aromatic heterocycles. The van der Waals surface area contributed by atoms with Crippen molar-refractivity contribution >= 4 is 33.6 Å². The Balaban J connectivity index is 2.44. The highest BCUT2D eigenvalue weighted by Crippen LogP contribution is 2.15. The molecule has 0 aliphatic rings. The monoisotopic (exact) mass is 277 g/mol. The van der Waals surface area contributed by atoms with Crippen LogP contribution in [0.3, 0.4) is 0 Å². The van der Waals surface area contributed by atoms with Gasteiger partial charge in [0.2, 0.25) is 0 Å². The van der Waals surface area contributed by atoms with Crippen LogP contribution < -0.4 is 10.1 Å². The molecule has 76 valence electrons. The Morgan fingerprint density at radius 1 is 1.43 bits per heavy atom. The Hall–Kier alpha value is -0.740. The predicted octanol–water partition coefficient (Wildman–Crippen LogP) is 2.78. The van der Waals surface area contributed by atoms with Crippen molar-refractivity contribution in [2.45, 2.75) is 0 Å². The van der Waals surface area contributed by atoms with Crippen molar-refractivity contribution in [1.29, 1.82) is 0 Å². The SMILES string of the molecule is O=C(NCCCl)Oc1ccc(Br)cc1. The number of amides is 1. The lowest BCUT2D eigenvalue weighted by atomic mass is 10.3. The first-order chi connectivity index (χ1) is 6.72. The van der Waals surface area contributed by atoms with E-state index < -0.39 is 6.09 Å². The van der Waals surface area contributed by atoms with Gasteiger partial charge in [-0.05, 0) is 24.3 Å². The number of nitrogens with one attached hydrogen (secondary N) is 1. The highest BCUT2D eigenvalue weighted by molar-refractivity contribution is 9.10. The number of rotatable bonds is 3. The molecular weight excluding hydrogens is 269 g/mol. The Bertz CT molecular complexity index is 302. The van der Waals surface area contributed by atoms with E-state index in [9.17, 15) is 4.79 Å². The number of carbonyl (C=O) groups is 1. The second-order valence-electron chi connectivity index (χ2n) is 2.46. The second-order valence-corrected chi connectivity index (χ2v) is 3.75. The van der Waals surface area contributed by atoms with Gasteiger partial charge in [0.05, 0.1) is 0 Å². The zero-order chi connectivity index (χ0) is 10.4. The molecule has 0 fully saturated rings. The lowest BCUT2D eigenvalue weighted by Gasteiger charge is -2.04. The largest absolute Gasteiger partial charge is 0.412 e. The van der Waals surface area contributed by atoms with Crippen LogP contribution in [-0.2, 0) is 0 Å². The minimum atomic E-state index is -0.493. The molecule has 0 atom stereocenters. The van der Waals surface area contributed by atoms with E-state index in [2.05, 4.69) is 21.2 Å². The fourth-order valence-corrected chi connectivity index (χ4v) is 1.15. The molecule has 3 nitrogen and oxygen atoms in total. The van der Waals surface area contributed by atoms with E-state index in [1.165, 1.54) is 0 Å². The summed E-state index contributed by atoms with van der Waals surface area (Å²) in [5.41, 5.74) is 0. The summed E-state index contributed by atoms with van der Waals surface area (Å²) >= 11 is 8.67. The van der Waals surface area contributed by atoms with Crippen LogP contribution in [-0.4, -0.2) is 18.5 Å². The second kappa shape index (κ2) is 5.88. The van der Waals surface area contributed by atoms with Gasteiger partial charge in [0.1, 0.15) is 5.75 Å². The van der Waals surface area contributed by atoms with Crippen LogP contribution in [0.1, 0.15) is 0 Å². The van der Waals surface area contributed by atoms with Gasteiger partial charge in [0.25, 0.3) is 0 Å². The van der Waals surface area contributed by atoms with E-state index in [1.807, 2.05) is 0 Å². The van der Waals surface area contributed by atoms with E-state index in [0.717, 1.165) is 4.47 Å². The molecule has 0 bridgehead atoms. The molecule has 1 N–H and O–H groups in total. The van der Waals surface area contributed by atoms with Gasteiger partial charge in [0, 0.05) is 16.9 Å². The quantitative estimate of drug-likeness (QED) is 0.864. The maximum atomic E-state index is 11.1. The zero-order valence-electron chi connectivity index (χ0n) is 7.30. The van der Waals surface area contributed by atoms with E-state index in [1.54, 1.807) is 24.3 Å². The van der Waals surface area contributed by atoms with Crippen molar-refractivity contribution in [3.8, 4) is 5.75 Å². The first kappa shape index (κ1) is 11.3. The third kappa shape index (κ3) is 3.98. The van der Waals surface area contributed by atoms with Gasteiger partial charge in [-0.3, -0.25) is 0 Å². The third-order valence-corrected chi connectivity index (χ3v) is 2.11. The Morgan fingerprint density at radius 2 is 2.07 bits per heavy atom. The normalized spacial score (nSPS) is 9.57. The van der Waals surface area contributed by atoms with Crippen molar-refractivity contribution < 1.29 is 9.53 Å². The van der Waals surface area contributed by atoms with Gasteiger partial charge in [-0.15, -0.1) is 11.6 Å². The van der Waals surface area contributed by atoms with Crippen molar-refractivity contribution in [2.75, 3.05) is 12.4 Å². The first-order valence-electron chi connectivity index (χ1n) is 3.99. The molecule has 0 radical (unpaired) electrons. The summed E-state index contributed by atoms with van der Waals surface area (Å²) < 4.78 is 5.88. The number of hydrogen-bond donors (Lipinski definition) is 1. The van der Waals surface area contributed by atoms with Crippen LogP contribution in [0.15, 0.2) is 28.7 Å². The van der Waals surface area contributed by atoms with Crippen LogP contribution in [0.2, 0.25) is 0 Å².